The average Bonchev–Trinajstić information content (AvgIpc) is 3.84. The predicted octanol–water partition coefficient (Wildman–Crippen LogP) is 16.4. The summed E-state index contributed by atoms with van der Waals surface area (Å²) in [6.07, 6.45) is 0. The van der Waals surface area contributed by atoms with Gasteiger partial charge in [-0.15, -0.1) is 22.7 Å². The third-order valence-corrected chi connectivity index (χ3v) is 13.3. The fourth-order valence-corrected chi connectivity index (χ4v) is 10.5. The van der Waals surface area contributed by atoms with E-state index in [0.29, 0.717) is 0 Å². The SMILES string of the molecule is c1ccc(-c2cc(-c3ccc(-c4cc(-c5ccccc5)cc(-c5ccc6c(c5)sc5ccccc56)c4)cc3)cc(-c3ccc4c(c3)sc3ccccc34)c2)cc1. The number of fused-ring (bicyclic) bond motifs is 6. The van der Waals surface area contributed by atoms with Crippen LogP contribution in [0.3, 0.4) is 0 Å². The van der Waals surface area contributed by atoms with Crippen LogP contribution in [0, 0.1) is 0 Å². The molecule has 9 aromatic carbocycles. The molecule has 0 saturated carbocycles. The fourth-order valence-electron chi connectivity index (χ4n) is 8.18. The van der Waals surface area contributed by atoms with Gasteiger partial charge >= 0.3 is 0 Å². The minimum atomic E-state index is 1.20. The van der Waals surface area contributed by atoms with Gasteiger partial charge in [-0.1, -0.05) is 146 Å². The molecule has 0 fully saturated rings. The molecule has 262 valence electrons. The molecule has 0 N–H and O–H groups in total. The minimum absolute atomic E-state index is 1.20. The molecular formula is C54H34S2. The van der Waals surface area contributed by atoms with Crippen LogP contribution >= 0.6 is 22.7 Å². The highest BCUT2D eigenvalue weighted by Gasteiger charge is 2.13. The monoisotopic (exact) mass is 746 g/mol. The Bertz CT molecular complexity index is 3000. The summed E-state index contributed by atoms with van der Waals surface area (Å²) in [5.41, 5.74) is 14.6. The van der Waals surface area contributed by atoms with Crippen LogP contribution in [0.15, 0.2) is 206 Å². The van der Waals surface area contributed by atoms with E-state index in [4.69, 9.17) is 0 Å². The van der Waals surface area contributed by atoms with Crippen LogP contribution in [0.2, 0.25) is 0 Å². The van der Waals surface area contributed by atoms with E-state index >= 15 is 0 Å². The summed E-state index contributed by atoms with van der Waals surface area (Å²) in [4.78, 5) is 0. The first-order valence-corrected chi connectivity index (χ1v) is 20.7. The van der Waals surface area contributed by atoms with E-state index in [0.717, 1.165) is 0 Å². The highest BCUT2D eigenvalue weighted by molar-refractivity contribution is 7.26. The van der Waals surface area contributed by atoms with Crippen LogP contribution in [-0.4, -0.2) is 0 Å². The van der Waals surface area contributed by atoms with E-state index in [9.17, 15) is 0 Å². The Morgan fingerprint density at radius 2 is 0.464 bits per heavy atom. The average molecular weight is 747 g/mol. The summed E-state index contributed by atoms with van der Waals surface area (Å²) in [6.45, 7) is 0. The van der Waals surface area contributed by atoms with Crippen molar-refractivity contribution in [3.63, 3.8) is 0 Å². The van der Waals surface area contributed by atoms with Gasteiger partial charge in [0.1, 0.15) is 0 Å². The summed E-state index contributed by atoms with van der Waals surface area (Å²) in [5.74, 6) is 0. The Balaban J connectivity index is 1.00. The zero-order valence-corrected chi connectivity index (χ0v) is 32.1. The maximum absolute atomic E-state index is 2.37. The molecule has 56 heavy (non-hydrogen) atoms. The molecule has 11 aromatic rings. The Labute approximate surface area is 334 Å². The standard InChI is InChI=1S/C54H34S2/c1-3-11-35(12-4-1)41-27-43(31-45(29-41)39-23-25-49-47-15-7-9-17-51(47)55-53(49)33-39)37-19-21-38(22-20-37)44-28-42(36-13-5-2-6-14-36)30-46(32-44)40-24-26-50-48-16-8-10-18-52(48)56-54(50)34-40/h1-34H. The van der Waals surface area contributed by atoms with Gasteiger partial charge in [0.05, 0.1) is 0 Å². The Morgan fingerprint density at radius 1 is 0.179 bits per heavy atom. The number of rotatable bonds is 6. The van der Waals surface area contributed by atoms with E-state index in [1.807, 2.05) is 22.7 Å². The van der Waals surface area contributed by atoms with Gasteiger partial charge in [-0.25, -0.2) is 0 Å². The normalized spacial score (nSPS) is 11.6. The molecule has 2 heteroatoms. The first-order chi connectivity index (χ1) is 27.7. The van der Waals surface area contributed by atoms with Crippen molar-refractivity contribution in [2.75, 3.05) is 0 Å². The zero-order chi connectivity index (χ0) is 37.0. The molecule has 0 aliphatic rings. The molecule has 0 aliphatic heterocycles. The molecule has 0 nitrogen and oxygen atoms in total. The van der Waals surface area contributed by atoms with Gasteiger partial charge in [0.15, 0.2) is 0 Å². The Morgan fingerprint density at radius 3 is 0.857 bits per heavy atom. The van der Waals surface area contributed by atoms with Gasteiger partial charge in [-0.2, -0.15) is 0 Å². The van der Waals surface area contributed by atoms with Crippen molar-refractivity contribution in [2.24, 2.45) is 0 Å². The lowest BCUT2D eigenvalue weighted by molar-refractivity contribution is 1.55. The molecule has 0 atom stereocenters. The summed E-state index contributed by atoms with van der Waals surface area (Å²) >= 11 is 3.74. The molecule has 0 bridgehead atoms. The molecule has 0 unspecified atom stereocenters. The van der Waals surface area contributed by atoms with E-state index in [1.165, 1.54) is 107 Å². The van der Waals surface area contributed by atoms with Crippen molar-refractivity contribution in [3.8, 4) is 66.8 Å². The van der Waals surface area contributed by atoms with Crippen LogP contribution in [0.1, 0.15) is 0 Å². The zero-order valence-electron chi connectivity index (χ0n) is 30.4. The molecule has 2 heterocycles. The number of hydrogen-bond acceptors (Lipinski definition) is 2. The quantitative estimate of drug-likeness (QED) is 0.159. The maximum atomic E-state index is 2.37. The highest BCUT2D eigenvalue weighted by Crippen LogP contribution is 2.41. The number of benzene rings is 9. The van der Waals surface area contributed by atoms with Crippen LogP contribution in [0.25, 0.3) is 107 Å². The summed E-state index contributed by atoms with van der Waals surface area (Å²) in [6, 6.07) is 76.0. The van der Waals surface area contributed by atoms with Gasteiger partial charge in [0.2, 0.25) is 0 Å². The van der Waals surface area contributed by atoms with Crippen LogP contribution in [-0.2, 0) is 0 Å². The lowest BCUT2D eigenvalue weighted by Crippen LogP contribution is -1.88. The molecule has 0 aliphatic carbocycles. The van der Waals surface area contributed by atoms with Crippen molar-refractivity contribution in [2.45, 2.75) is 0 Å². The second-order valence-corrected chi connectivity index (χ2v) is 16.7. The molecule has 0 radical (unpaired) electrons. The van der Waals surface area contributed by atoms with Crippen molar-refractivity contribution >= 4 is 63.0 Å². The first-order valence-electron chi connectivity index (χ1n) is 19.1. The molecule has 0 spiro atoms. The van der Waals surface area contributed by atoms with Crippen LogP contribution in [0.4, 0.5) is 0 Å². The maximum Gasteiger partial charge on any atom is 0.0361 e. The van der Waals surface area contributed by atoms with Gasteiger partial charge < -0.3 is 0 Å². The third-order valence-electron chi connectivity index (χ3n) is 11.1. The van der Waals surface area contributed by atoms with Gasteiger partial charge in [0.25, 0.3) is 0 Å². The topological polar surface area (TPSA) is 0 Å². The third kappa shape index (κ3) is 5.92. The second kappa shape index (κ2) is 13.6. The van der Waals surface area contributed by atoms with E-state index in [2.05, 4.69) is 206 Å². The lowest BCUT2D eigenvalue weighted by atomic mass is 9.91. The Hall–Kier alpha value is -6.58. The summed E-state index contributed by atoms with van der Waals surface area (Å²) in [5, 5.41) is 5.31. The van der Waals surface area contributed by atoms with Gasteiger partial charge in [-0.05, 0) is 127 Å². The first kappa shape index (κ1) is 32.8. The largest absolute Gasteiger partial charge is 0.135 e. The molecule has 11 rings (SSSR count). The van der Waals surface area contributed by atoms with Crippen molar-refractivity contribution < 1.29 is 0 Å². The van der Waals surface area contributed by atoms with Crippen LogP contribution < -0.4 is 0 Å². The Kier molecular flexibility index (Phi) is 7.98. The summed E-state index contributed by atoms with van der Waals surface area (Å²) < 4.78 is 5.30. The number of hydrogen-bond donors (Lipinski definition) is 0. The predicted molar refractivity (Wildman–Crippen MR) is 245 cm³/mol. The van der Waals surface area contributed by atoms with Crippen molar-refractivity contribution in [1.29, 1.82) is 0 Å². The van der Waals surface area contributed by atoms with E-state index in [1.54, 1.807) is 0 Å². The van der Waals surface area contributed by atoms with Crippen molar-refractivity contribution in [3.05, 3.63) is 206 Å². The molecule has 0 saturated heterocycles. The highest BCUT2D eigenvalue weighted by atomic mass is 32.1. The second-order valence-electron chi connectivity index (χ2n) is 14.5. The lowest BCUT2D eigenvalue weighted by Gasteiger charge is -2.13. The van der Waals surface area contributed by atoms with Crippen LogP contribution in [0.5, 0.6) is 0 Å². The minimum Gasteiger partial charge on any atom is -0.135 e. The summed E-state index contributed by atoms with van der Waals surface area (Å²) in [7, 11) is 0. The molecule has 0 amide bonds. The molecular weight excluding hydrogens is 713 g/mol. The van der Waals surface area contributed by atoms with Crippen molar-refractivity contribution in [1.82, 2.24) is 0 Å². The smallest absolute Gasteiger partial charge is 0.0361 e. The molecule has 2 aromatic heterocycles. The fraction of sp³-hybridized carbons (Fsp3) is 0. The number of thiophene rings is 2. The van der Waals surface area contributed by atoms with E-state index < -0.39 is 0 Å². The van der Waals surface area contributed by atoms with Gasteiger partial charge in [0, 0.05) is 40.3 Å². The van der Waals surface area contributed by atoms with Gasteiger partial charge in [-0.3, -0.25) is 0 Å². The van der Waals surface area contributed by atoms with E-state index in [-0.39, 0.29) is 0 Å².